The van der Waals surface area contributed by atoms with E-state index in [1.54, 1.807) is 12.1 Å². The Morgan fingerprint density at radius 3 is 2.61 bits per heavy atom. The van der Waals surface area contributed by atoms with Crippen LogP contribution in [0.1, 0.15) is 23.7 Å². The van der Waals surface area contributed by atoms with Crippen molar-refractivity contribution < 1.29 is 4.79 Å². The van der Waals surface area contributed by atoms with Gasteiger partial charge >= 0.3 is 0 Å². The molecule has 0 saturated carbocycles. The summed E-state index contributed by atoms with van der Waals surface area (Å²) in [6.45, 7) is 6.88. The molecular formula is C14H21N3O. The molecule has 1 heterocycles. The first kappa shape index (κ1) is 12.9. The van der Waals surface area contributed by atoms with Crippen LogP contribution in [0.25, 0.3) is 0 Å². The highest BCUT2D eigenvalue weighted by molar-refractivity contribution is 5.95. The first-order chi connectivity index (χ1) is 8.70. The SMILES string of the molecule is CCCN1CCN(C(=O)c2cccc(N)c2)CC1. The standard InChI is InChI=1S/C14H21N3O/c1-2-6-16-7-9-17(10-8-16)14(18)12-4-3-5-13(15)11-12/h3-5,11H,2,6-10,15H2,1H3. The molecule has 0 radical (unpaired) electrons. The largest absolute Gasteiger partial charge is 0.399 e. The lowest BCUT2D eigenvalue weighted by Gasteiger charge is -2.34. The molecule has 1 aliphatic heterocycles. The van der Waals surface area contributed by atoms with Crippen molar-refractivity contribution in [3.63, 3.8) is 0 Å². The smallest absolute Gasteiger partial charge is 0.254 e. The minimum absolute atomic E-state index is 0.0958. The first-order valence-corrected chi connectivity index (χ1v) is 6.58. The van der Waals surface area contributed by atoms with Gasteiger partial charge in [-0.2, -0.15) is 0 Å². The lowest BCUT2D eigenvalue weighted by Crippen LogP contribution is -2.48. The van der Waals surface area contributed by atoms with Crippen molar-refractivity contribution in [2.45, 2.75) is 13.3 Å². The van der Waals surface area contributed by atoms with Gasteiger partial charge in [0, 0.05) is 37.4 Å². The molecule has 0 aromatic heterocycles. The van der Waals surface area contributed by atoms with E-state index < -0.39 is 0 Å². The van der Waals surface area contributed by atoms with Crippen LogP contribution in [0.4, 0.5) is 5.69 Å². The Morgan fingerprint density at radius 2 is 2.00 bits per heavy atom. The van der Waals surface area contributed by atoms with E-state index in [-0.39, 0.29) is 5.91 Å². The number of carbonyl (C=O) groups is 1. The summed E-state index contributed by atoms with van der Waals surface area (Å²) in [5.41, 5.74) is 7.05. The van der Waals surface area contributed by atoms with Crippen LogP contribution >= 0.6 is 0 Å². The van der Waals surface area contributed by atoms with Gasteiger partial charge in [-0.05, 0) is 31.2 Å². The number of anilines is 1. The molecule has 1 amide bonds. The molecule has 1 aliphatic rings. The van der Waals surface area contributed by atoms with Gasteiger partial charge in [0.05, 0.1) is 0 Å². The average Bonchev–Trinajstić information content (AvgIpc) is 2.39. The number of rotatable bonds is 3. The summed E-state index contributed by atoms with van der Waals surface area (Å²) in [7, 11) is 0. The van der Waals surface area contributed by atoms with Crippen molar-refractivity contribution in [1.29, 1.82) is 0 Å². The van der Waals surface area contributed by atoms with E-state index in [1.165, 1.54) is 6.42 Å². The fourth-order valence-corrected chi connectivity index (χ4v) is 2.35. The molecule has 0 unspecified atom stereocenters. The second-order valence-corrected chi connectivity index (χ2v) is 4.76. The van der Waals surface area contributed by atoms with Crippen LogP contribution in [-0.2, 0) is 0 Å². The summed E-state index contributed by atoms with van der Waals surface area (Å²) in [4.78, 5) is 16.6. The highest BCUT2D eigenvalue weighted by atomic mass is 16.2. The maximum atomic E-state index is 12.3. The van der Waals surface area contributed by atoms with E-state index in [9.17, 15) is 4.79 Å². The molecule has 98 valence electrons. The van der Waals surface area contributed by atoms with Crippen molar-refractivity contribution >= 4 is 11.6 Å². The van der Waals surface area contributed by atoms with Crippen LogP contribution in [0.3, 0.4) is 0 Å². The normalized spacial score (nSPS) is 16.8. The average molecular weight is 247 g/mol. The summed E-state index contributed by atoms with van der Waals surface area (Å²) >= 11 is 0. The topological polar surface area (TPSA) is 49.6 Å². The molecule has 0 aliphatic carbocycles. The van der Waals surface area contributed by atoms with Crippen LogP contribution in [0.15, 0.2) is 24.3 Å². The number of piperazine rings is 1. The number of benzene rings is 1. The van der Waals surface area contributed by atoms with Crippen LogP contribution in [-0.4, -0.2) is 48.4 Å². The fourth-order valence-electron chi connectivity index (χ4n) is 2.35. The maximum Gasteiger partial charge on any atom is 0.254 e. The molecule has 2 rings (SSSR count). The summed E-state index contributed by atoms with van der Waals surface area (Å²) in [5.74, 6) is 0.0958. The Balaban J connectivity index is 1.95. The zero-order valence-corrected chi connectivity index (χ0v) is 10.9. The highest BCUT2D eigenvalue weighted by Gasteiger charge is 2.21. The fraction of sp³-hybridized carbons (Fsp3) is 0.500. The van der Waals surface area contributed by atoms with Gasteiger partial charge < -0.3 is 10.6 Å². The van der Waals surface area contributed by atoms with Crippen LogP contribution < -0.4 is 5.73 Å². The Labute approximate surface area is 108 Å². The maximum absolute atomic E-state index is 12.3. The van der Waals surface area contributed by atoms with Crippen LogP contribution in [0.5, 0.6) is 0 Å². The van der Waals surface area contributed by atoms with Gasteiger partial charge in [0.1, 0.15) is 0 Å². The van der Waals surface area contributed by atoms with E-state index in [4.69, 9.17) is 5.73 Å². The first-order valence-electron chi connectivity index (χ1n) is 6.58. The van der Waals surface area contributed by atoms with E-state index in [1.807, 2.05) is 17.0 Å². The van der Waals surface area contributed by atoms with Gasteiger partial charge in [0.2, 0.25) is 0 Å². The third kappa shape index (κ3) is 3.01. The van der Waals surface area contributed by atoms with Crippen LogP contribution in [0, 0.1) is 0 Å². The molecule has 1 fully saturated rings. The molecule has 2 N–H and O–H groups in total. The predicted molar refractivity (Wildman–Crippen MR) is 73.5 cm³/mol. The van der Waals surface area contributed by atoms with Gasteiger partial charge in [-0.15, -0.1) is 0 Å². The molecule has 0 bridgehead atoms. The van der Waals surface area contributed by atoms with E-state index in [2.05, 4.69) is 11.8 Å². The Morgan fingerprint density at radius 1 is 1.28 bits per heavy atom. The lowest BCUT2D eigenvalue weighted by molar-refractivity contribution is 0.0637. The summed E-state index contributed by atoms with van der Waals surface area (Å²) in [5, 5.41) is 0. The third-order valence-corrected chi connectivity index (χ3v) is 3.33. The number of nitrogens with zero attached hydrogens (tertiary/aromatic N) is 2. The quantitative estimate of drug-likeness (QED) is 0.822. The Kier molecular flexibility index (Phi) is 4.20. The van der Waals surface area contributed by atoms with Crippen molar-refractivity contribution in [2.75, 3.05) is 38.5 Å². The van der Waals surface area contributed by atoms with E-state index in [0.29, 0.717) is 11.3 Å². The molecule has 4 nitrogen and oxygen atoms in total. The summed E-state index contributed by atoms with van der Waals surface area (Å²) in [6.07, 6.45) is 1.17. The van der Waals surface area contributed by atoms with Crippen molar-refractivity contribution in [3.05, 3.63) is 29.8 Å². The van der Waals surface area contributed by atoms with Crippen molar-refractivity contribution in [1.82, 2.24) is 9.80 Å². The number of amides is 1. The second kappa shape index (κ2) is 5.87. The molecule has 0 spiro atoms. The molecule has 1 aromatic carbocycles. The van der Waals surface area contributed by atoms with Crippen molar-refractivity contribution in [3.8, 4) is 0 Å². The van der Waals surface area contributed by atoms with Gasteiger partial charge in [-0.3, -0.25) is 9.69 Å². The lowest BCUT2D eigenvalue weighted by atomic mass is 10.1. The molecule has 0 atom stereocenters. The summed E-state index contributed by atoms with van der Waals surface area (Å²) < 4.78 is 0. The van der Waals surface area contributed by atoms with Gasteiger partial charge in [0.25, 0.3) is 5.91 Å². The number of hydrogen-bond acceptors (Lipinski definition) is 3. The molecule has 18 heavy (non-hydrogen) atoms. The predicted octanol–water partition coefficient (Wildman–Crippen LogP) is 1.44. The summed E-state index contributed by atoms with van der Waals surface area (Å²) in [6, 6.07) is 7.21. The van der Waals surface area contributed by atoms with Gasteiger partial charge in [-0.25, -0.2) is 0 Å². The molecule has 1 saturated heterocycles. The zero-order chi connectivity index (χ0) is 13.0. The highest BCUT2D eigenvalue weighted by Crippen LogP contribution is 2.12. The number of carbonyl (C=O) groups excluding carboxylic acids is 1. The molecular weight excluding hydrogens is 226 g/mol. The van der Waals surface area contributed by atoms with E-state index in [0.717, 1.165) is 32.7 Å². The van der Waals surface area contributed by atoms with Crippen molar-refractivity contribution in [2.24, 2.45) is 0 Å². The van der Waals surface area contributed by atoms with Gasteiger partial charge in [-0.1, -0.05) is 13.0 Å². The third-order valence-electron chi connectivity index (χ3n) is 3.33. The number of nitrogen functional groups attached to an aromatic ring is 1. The number of nitrogens with two attached hydrogens (primary N) is 1. The van der Waals surface area contributed by atoms with Gasteiger partial charge in [0.15, 0.2) is 0 Å². The monoisotopic (exact) mass is 247 g/mol. The number of hydrogen-bond donors (Lipinski definition) is 1. The van der Waals surface area contributed by atoms with E-state index >= 15 is 0 Å². The molecule has 1 aromatic rings. The van der Waals surface area contributed by atoms with Crippen LogP contribution in [0.2, 0.25) is 0 Å². The Bertz CT molecular complexity index is 411. The second-order valence-electron chi connectivity index (χ2n) is 4.76. The zero-order valence-electron chi connectivity index (χ0n) is 10.9. The molecule has 4 heteroatoms. The minimum atomic E-state index is 0.0958. The minimum Gasteiger partial charge on any atom is -0.399 e. The Hall–Kier alpha value is -1.55.